The predicted octanol–water partition coefficient (Wildman–Crippen LogP) is 6.83. The zero-order chi connectivity index (χ0) is 31.7. The van der Waals surface area contributed by atoms with Crippen molar-refractivity contribution >= 4 is 22.2 Å². The molecule has 0 radical (unpaired) electrons. The molecule has 45 heavy (non-hydrogen) atoms. The summed E-state index contributed by atoms with van der Waals surface area (Å²) >= 11 is 1.90. The lowest BCUT2D eigenvalue weighted by molar-refractivity contribution is -0.0758. The normalized spacial score (nSPS) is 22.2. The number of aromatic nitrogens is 1. The molecule has 6 rings (SSSR count). The number of rotatable bonds is 11. The van der Waals surface area contributed by atoms with E-state index in [4.69, 9.17) is 14.5 Å². The van der Waals surface area contributed by atoms with Crippen molar-refractivity contribution in [2.24, 2.45) is 0 Å². The Hall–Kier alpha value is -2.78. The summed E-state index contributed by atoms with van der Waals surface area (Å²) in [5.74, 6) is 0.786. The highest BCUT2D eigenvalue weighted by Gasteiger charge is 2.44. The Morgan fingerprint density at radius 2 is 1.78 bits per heavy atom. The van der Waals surface area contributed by atoms with Gasteiger partial charge in [0.25, 0.3) is 5.91 Å². The Morgan fingerprint density at radius 1 is 1.04 bits per heavy atom. The van der Waals surface area contributed by atoms with Gasteiger partial charge in [0.1, 0.15) is 6.61 Å². The highest BCUT2D eigenvalue weighted by molar-refractivity contribution is 7.16. The zero-order valence-electron chi connectivity index (χ0n) is 28.1. The molecular formula is C37H51N4O3S+. The highest BCUT2D eigenvalue weighted by Crippen LogP contribution is 2.45. The second kappa shape index (κ2) is 13.5. The predicted molar refractivity (Wildman–Crippen MR) is 183 cm³/mol. The maximum atomic E-state index is 14.2. The SMILES string of the molecule is CCOC1CN(C2CCC([N+](C)(CC)c3sc4c(c3C)C(=O)N(Cc3c(C)cc(C)nc3OCc3ccccc3)CC4)CC2)C1. The van der Waals surface area contributed by atoms with Crippen LogP contribution in [0.5, 0.6) is 5.88 Å². The van der Waals surface area contributed by atoms with Crippen LogP contribution in [0.3, 0.4) is 0 Å². The average Bonchev–Trinajstić information content (AvgIpc) is 3.37. The monoisotopic (exact) mass is 631 g/mol. The van der Waals surface area contributed by atoms with Gasteiger partial charge in [-0.15, -0.1) is 0 Å². The lowest BCUT2D eigenvalue weighted by atomic mass is 9.86. The number of likely N-dealkylation sites (tertiary alicyclic amines) is 1. The van der Waals surface area contributed by atoms with Crippen molar-refractivity contribution in [3.63, 3.8) is 0 Å². The van der Waals surface area contributed by atoms with Gasteiger partial charge in [0, 0.05) is 73.2 Å². The number of hydrogen-bond acceptors (Lipinski definition) is 6. The summed E-state index contributed by atoms with van der Waals surface area (Å²) in [6, 6.07) is 13.6. The number of fused-ring (bicyclic) bond motifs is 1. The molecule has 1 saturated heterocycles. The molecular weight excluding hydrogens is 580 g/mol. The van der Waals surface area contributed by atoms with Gasteiger partial charge < -0.3 is 14.4 Å². The van der Waals surface area contributed by atoms with Crippen molar-refractivity contribution < 1.29 is 14.3 Å². The van der Waals surface area contributed by atoms with Crippen LogP contribution in [0.4, 0.5) is 5.00 Å². The molecule has 1 aromatic carbocycles. The van der Waals surface area contributed by atoms with Gasteiger partial charge in [0.15, 0.2) is 5.00 Å². The quantitative estimate of drug-likeness (QED) is 0.217. The van der Waals surface area contributed by atoms with Crippen LogP contribution < -0.4 is 9.22 Å². The molecule has 1 saturated carbocycles. The summed E-state index contributed by atoms with van der Waals surface area (Å²) in [4.78, 5) is 24.9. The number of carbonyl (C=O) groups is 1. The number of hydrogen-bond donors (Lipinski definition) is 0. The number of aryl methyl sites for hydroxylation is 2. The van der Waals surface area contributed by atoms with Crippen LogP contribution in [0.2, 0.25) is 0 Å². The first kappa shape index (κ1) is 32.2. The fourth-order valence-corrected chi connectivity index (χ4v) is 9.39. The molecule has 2 aliphatic heterocycles. The smallest absolute Gasteiger partial charge is 0.255 e. The lowest BCUT2D eigenvalue weighted by Gasteiger charge is -2.48. The van der Waals surface area contributed by atoms with E-state index in [1.807, 2.05) is 41.4 Å². The van der Waals surface area contributed by atoms with Gasteiger partial charge in [0.2, 0.25) is 5.88 Å². The number of pyridine rings is 1. The van der Waals surface area contributed by atoms with Crippen molar-refractivity contribution in [2.45, 2.75) is 98.1 Å². The van der Waals surface area contributed by atoms with Crippen molar-refractivity contribution in [2.75, 3.05) is 39.8 Å². The van der Waals surface area contributed by atoms with Gasteiger partial charge in [-0.3, -0.25) is 14.2 Å². The minimum atomic E-state index is 0.151. The maximum Gasteiger partial charge on any atom is 0.255 e. The van der Waals surface area contributed by atoms with Gasteiger partial charge in [-0.05, 0) is 64.7 Å². The lowest BCUT2D eigenvalue weighted by Crippen LogP contribution is -2.60. The molecule has 3 aromatic rings. The van der Waals surface area contributed by atoms with Crippen LogP contribution in [0.15, 0.2) is 36.4 Å². The molecule has 242 valence electrons. The van der Waals surface area contributed by atoms with E-state index in [0.29, 0.717) is 37.2 Å². The number of ether oxygens (including phenoxy) is 2. The van der Waals surface area contributed by atoms with Gasteiger partial charge in [-0.2, -0.15) is 0 Å². The Morgan fingerprint density at radius 3 is 2.47 bits per heavy atom. The topological polar surface area (TPSA) is 54.9 Å². The molecule has 8 heteroatoms. The standard InChI is InChI=1S/C37H51N4O3S/c1-7-41(6,30-16-14-29(15-17-30)40-21-31(22-40)43-8-2)37-27(5)34-33(45-37)18-19-39(36(34)42)23-32-25(3)20-26(4)38-35(32)44-24-28-12-10-9-11-13-28/h9-13,20,29-31H,7-8,14-19,21-24H2,1-6H3/q+1. The molecule has 0 bridgehead atoms. The Kier molecular flexibility index (Phi) is 9.67. The van der Waals surface area contributed by atoms with Crippen molar-refractivity contribution in [1.29, 1.82) is 0 Å². The molecule has 0 spiro atoms. The van der Waals surface area contributed by atoms with Crippen LogP contribution in [-0.4, -0.2) is 78.7 Å². The van der Waals surface area contributed by atoms with Crippen molar-refractivity contribution in [3.05, 3.63) is 74.8 Å². The van der Waals surface area contributed by atoms with Crippen molar-refractivity contribution in [3.8, 4) is 5.88 Å². The molecule has 2 aromatic heterocycles. The molecule has 1 amide bonds. The summed E-state index contributed by atoms with van der Waals surface area (Å²) in [6.45, 7) is 16.4. The molecule has 1 unspecified atom stereocenters. The summed E-state index contributed by atoms with van der Waals surface area (Å²) in [7, 11) is 2.42. The summed E-state index contributed by atoms with van der Waals surface area (Å²) in [5, 5.41) is 1.39. The van der Waals surface area contributed by atoms with Gasteiger partial charge in [-0.25, -0.2) is 4.98 Å². The van der Waals surface area contributed by atoms with Crippen LogP contribution in [0, 0.1) is 20.8 Å². The van der Waals surface area contributed by atoms with Crippen LogP contribution >= 0.6 is 11.3 Å². The van der Waals surface area contributed by atoms with Gasteiger partial charge in [-0.1, -0.05) is 41.7 Å². The Balaban J connectivity index is 1.17. The number of quaternary nitrogens is 1. The fraction of sp³-hybridized carbons (Fsp3) is 0.568. The molecule has 1 atom stereocenters. The van der Waals surface area contributed by atoms with Crippen LogP contribution in [-0.2, 0) is 24.3 Å². The van der Waals surface area contributed by atoms with E-state index in [2.05, 4.69) is 57.8 Å². The average molecular weight is 632 g/mol. The third-order valence-electron chi connectivity index (χ3n) is 10.7. The first-order valence-corrected chi connectivity index (χ1v) is 17.8. The Bertz CT molecular complexity index is 1490. The van der Waals surface area contributed by atoms with Gasteiger partial charge >= 0.3 is 0 Å². The first-order valence-electron chi connectivity index (χ1n) is 17.0. The van der Waals surface area contributed by atoms with E-state index in [0.717, 1.165) is 71.6 Å². The molecule has 4 heterocycles. The molecule has 2 fully saturated rings. The van der Waals surface area contributed by atoms with E-state index < -0.39 is 0 Å². The maximum absolute atomic E-state index is 14.2. The minimum absolute atomic E-state index is 0.151. The number of nitrogens with zero attached hydrogens (tertiary/aromatic N) is 4. The zero-order valence-corrected chi connectivity index (χ0v) is 28.9. The summed E-state index contributed by atoms with van der Waals surface area (Å²) in [5.41, 5.74) is 6.28. The molecule has 7 nitrogen and oxygen atoms in total. The van der Waals surface area contributed by atoms with E-state index in [1.165, 1.54) is 41.1 Å². The van der Waals surface area contributed by atoms with E-state index in [-0.39, 0.29) is 5.91 Å². The van der Waals surface area contributed by atoms with E-state index in [1.54, 1.807) is 0 Å². The first-order chi connectivity index (χ1) is 21.7. The van der Waals surface area contributed by atoms with E-state index in [9.17, 15) is 4.79 Å². The number of carbonyl (C=O) groups excluding carboxylic acids is 1. The van der Waals surface area contributed by atoms with E-state index >= 15 is 0 Å². The minimum Gasteiger partial charge on any atom is -0.473 e. The summed E-state index contributed by atoms with van der Waals surface area (Å²) < 4.78 is 13.0. The largest absolute Gasteiger partial charge is 0.473 e. The third-order valence-corrected chi connectivity index (χ3v) is 12.3. The van der Waals surface area contributed by atoms with Gasteiger partial charge in [0.05, 0.1) is 37.8 Å². The third kappa shape index (κ3) is 6.44. The fourth-order valence-electron chi connectivity index (χ4n) is 7.88. The highest BCUT2D eigenvalue weighted by atomic mass is 32.1. The van der Waals surface area contributed by atoms with Crippen LogP contribution in [0.1, 0.15) is 82.7 Å². The van der Waals surface area contributed by atoms with Crippen LogP contribution in [0.25, 0.3) is 0 Å². The number of benzene rings is 1. The Labute approximate surface area is 273 Å². The molecule has 0 N–H and O–H groups in total. The second-order valence-electron chi connectivity index (χ2n) is 13.5. The van der Waals surface area contributed by atoms with Crippen molar-refractivity contribution in [1.82, 2.24) is 19.3 Å². The number of thiophene rings is 1. The summed E-state index contributed by atoms with van der Waals surface area (Å²) in [6.07, 6.45) is 6.31. The molecule has 3 aliphatic rings. The number of amides is 1. The second-order valence-corrected chi connectivity index (χ2v) is 14.6. The molecule has 1 aliphatic carbocycles.